The summed E-state index contributed by atoms with van der Waals surface area (Å²) >= 11 is 0. The SMILES string of the molecule is Cn1nc(Cc2ccc(F)cc2)c(-c2ccc(F)cc2)c1NC(=O)CC1(C(F)(F)F)CC1. The molecule has 0 aliphatic heterocycles. The van der Waals surface area contributed by atoms with Crippen LogP contribution >= 0.6 is 0 Å². The van der Waals surface area contributed by atoms with Crippen LogP contribution in [0.25, 0.3) is 11.1 Å². The number of carbonyl (C=O) groups excluding carboxylic acids is 1. The summed E-state index contributed by atoms with van der Waals surface area (Å²) in [5.41, 5.74) is 0.312. The third-order valence-corrected chi connectivity index (χ3v) is 5.75. The molecular formula is C23H20F5N3O. The van der Waals surface area contributed by atoms with Crippen LogP contribution in [0.3, 0.4) is 0 Å². The molecule has 1 heterocycles. The van der Waals surface area contributed by atoms with Gasteiger partial charge in [-0.05, 0) is 48.2 Å². The smallest absolute Gasteiger partial charge is 0.310 e. The van der Waals surface area contributed by atoms with Gasteiger partial charge in [-0.15, -0.1) is 0 Å². The highest BCUT2D eigenvalue weighted by molar-refractivity contribution is 5.95. The molecule has 0 spiro atoms. The molecule has 1 saturated carbocycles. The lowest BCUT2D eigenvalue weighted by Gasteiger charge is -2.19. The van der Waals surface area contributed by atoms with Gasteiger partial charge in [0, 0.05) is 25.5 Å². The average Bonchev–Trinajstić information content (AvgIpc) is 3.45. The first-order chi connectivity index (χ1) is 15.1. The first kappa shape index (κ1) is 22.0. The number of anilines is 1. The number of aromatic nitrogens is 2. The van der Waals surface area contributed by atoms with Crippen LogP contribution in [0.4, 0.5) is 27.8 Å². The second-order valence-corrected chi connectivity index (χ2v) is 8.11. The Morgan fingerprint density at radius 3 is 2.12 bits per heavy atom. The largest absolute Gasteiger partial charge is 0.395 e. The standard InChI is InChI=1S/C23H20F5N3O/c1-31-21(29-19(32)13-22(10-11-22)23(26,27)28)20(15-4-8-17(25)9-5-15)18(30-31)12-14-2-6-16(24)7-3-14/h2-9H,10-13H2,1H3,(H,29,32). The van der Waals surface area contributed by atoms with Crippen LogP contribution in [0.5, 0.6) is 0 Å². The Morgan fingerprint density at radius 1 is 1.03 bits per heavy atom. The van der Waals surface area contributed by atoms with Crippen molar-refractivity contribution in [1.29, 1.82) is 0 Å². The van der Waals surface area contributed by atoms with Crippen LogP contribution in [-0.2, 0) is 18.3 Å². The second kappa shape index (κ2) is 8.03. The molecule has 1 aliphatic rings. The van der Waals surface area contributed by atoms with Crippen molar-refractivity contribution in [2.75, 3.05) is 5.32 Å². The van der Waals surface area contributed by atoms with Crippen molar-refractivity contribution in [3.05, 3.63) is 71.4 Å². The van der Waals surface area contributed by atoms with Gasteiger partial charge < -0.3 is 5.32 Å². The van der Waals surface area contributed by atoms with Crippen LogP contribution < -0.4 is 5.32 Å². The van der Waals surface area contributed by atoms with E-state index in [9.17, 15) is 26.7 Å². The molecule has 1 aromatic heterocycles. The van der Waals surface area contributed by atoms with E-state index in [2.05, 4.69) is 10.4 Å². The summed E-state index contributed by atoms with van der Waals surface area (Å²) in [7, 11) is 1.56. The fraction of sp³-hybridized carbons (Fsp3) is 0.304. The number of hydrogen-bond acceptors (Lipinski definition) is 2. The molecule has 32 heavy (non-hydrogen) atoms. The molecule has 3 aromatic rings. The number of amides is 1. The first-order valence-corrected chi connectivity index (χ1v) is 10.0. The molecule has 9 heteroatoms. The van der Waals surface area contributed by atoms with Crippen LogP contribution in [0.15, 0.2) is 48.5 Å². The van der Waals surface area contributed by atoms with Crippen molar-refractivity contribution in [3.8, 4) is 11.1 Å². The topological polar surface area (TPSA) is 46.9 Å². The Kier molecular flexibility index (Phi) is 5.52. The number of alkyl halides is 3. The maximum atomic E-state index is 13.5. The van der Waals surface area contributed by atoms with E-state index in [-0.39, 0.29) is 30.9 Å². The number of hydrogen-bond donors (Lipinski definition) is 1. The van der Waals surface area contributed by atoms with E-state index in [1.807, 2.05) is 0 Å². The Hall–Kier alpha value is -3.23. The van der Waals surface area contributed by atoms with Crippen molar-refractivity contribution in [3.63, 3.8) is 0 Å². The molecule has 1 aliphatic carbocycles. The highest BCUT2D eigenvalue weighted by atomic mass is 19.4. The predicted octanol–water partition coefficient (Wildman–Crippen LogP) is 5.63. The summed E-state index contributed by atoms with van der Waals surface area (Å²) in [6, 6.07) is 11.3. The number of nitrogens with zero attached hydrogens (tertiary/aromatic N) is 2. The molecule has 0 radical (unpaired) electrons. The van der Waals surface area contributed by atoms with Gasteiger partial charge in [-0.25, -0.2) is 8.78 Å². The van der Waals surface area contributed by atoms with E-state index in [0.717, 1.165) is 5.56 Å². The van der Waals surface area contributed by atoms with Gasteiger partial charge in [-0.2, -0.15) is 18.3 Å². The Labute approximate surface area is 181 Å². The number of nitrogens with one attached hydrogen (secondary N) is 1. The monoisotopic (exact) mass is 449 g/mol. The molecule has 0 atom stereocenters. The molecular weight excluding hydrogens is 429 g/mol. The van der Waals surface area contributed by atoms with Gasteiger partial charge in [0.25, 0.3) is 0 Å². The molecule has 168 valence electrons. The Balaban J connectivity index is 1.68. The van der Waals surface area contributed by atoms with Crippen molar-refractivity contribution in [1.82, 2.24) is 9.78 Å². The van der Waals surface area contributed by atoms with Gasteiger partial charge in [0.1, 0.15) is 17.5 Å². The zero-order valence-corrected chi connectivity index (χ0v) is 17.1. The second-order valence-electron chi connectivity index (χ2n) is 8.11. The van der Waals surface area contributed by atoms with Gasteiger partial charge in [0.2, 0.25) is 5.91 Å². The fourth-order valence-corrected chi connectivity index (χ4v) is 3.76. The number of carbonyl (C=O) groups is 1. The van der Waals surface area contributed by atoms with Crippen molar-refractivity contribution < 1.29 is 26.7 Å². The lowest BCUT2D eigenvalue weighted by molar-refractivity contribution is -0.189. The first-order valence-electron chi connectivity index (χ1n) is 10.0. The third-order valence-electron chi connectivity index (χ3n) is 5.75. The summed E-state index contributed by atoms with van der Waals surface area (Å²) in [6.07, 6.45) is -4.97. The summed E-state index contributed by atoms with van der Waals surface area (Å²) < 4.78 is 67.9. The van der Waals surface area contributed by atoms with Crippen LogP contribution in [-0.4, -0.2) is 21.9 Å². The van der Waals surface area contributed by atoms with Crippen LogP contribution in [0, 0.1) is 17.0 Å². The lowest BCUT2D eigenvalue weighted by Crippen LogP contribution is -2.30. The van der Waals surface area contributed by atoms with E-state index in [1.54, 1.807) is 19.2 Å². The minimum Gasteiger partial charge on any atom is -0.310 e. The van der Waals surface area contributed by atoms with E-state index < -0.39 is 29.7 Å². The molecule has 0 saturated heterocycles. The number of rotatable bonds is 6. The molecule has 0 bridgehead atoms. The van der Waals surface area contributed by atoms with Gasteiger partial charge in [0.05, 0.1) is 11.1 Å². The van der Waals surface area contributed by atoms with E-state index >= 15 is 0 Å². The van der Waals surface area contributed by atoms with Gasteiger partial charge in [0.15, 0.2) is 0 Å². The molecule has 1 amide bonds. The van der Waals surface area contributed by atoms with Gasteiger partial charge >= 0.3 is 6.18 Å². The predicted molar refractivity (Wildman–Crippen MR) is 109 cm³/mol. The number of aryl methyl sites for hydroxylation is 1. The Morgan fingerprint density at radius 2 is 1.59 bits per heavy atom. The number of benzene rings is 2. The highest BCUT2D eigenvalue weighted by Gasteiger charge is 2.63. The van der Waals surface area contributed by atoms with Gasteiger partial charge in [-0.3, -0.25) is 9.48 Å². The maximum Gasteiger partial charge on any atom is 0.395 e. The van der Waals surface area contributed by atoms with Gasteiger partial charge in [-0.1, -0.05) is 24.3 Å². The summed E-state index contributed by atoms with van der Waals surface area (Å²) in [5.74, 6) is -1.39. The molecule has 4 rings (SSSR count). The average molecular weight is 449 g/mol. The van der Waals surface area contributed by atoms with E-state index in [1.165, 1.54) is 41.1 Å². The van der Waals surface area contributed by atoms with Crippen molar-refractivity contribution >= 4 is 11.7 Å². The van der Waals surface area contributed by atoms with Crippen molar-refractivity contribution in [2.45, 2.75) is 31.9 Å². The van der Waals surface area contributed by atoms with Crippen LogP contribution in [0.1, 0.15) is 30.5 Å². The van der Waals surface area contributed by atoms with Crippen LogP contribution in [0.2, 0.25) is 0 Å². The zero-order valence-electron chi connectivity index (χ0n) is 17.1. The Bertz CT molecular complexity index is 1130. The molecule has 1 N–H and O–H groups in total. The third kappa shape index (κ3) is 4.37. The molecule has 1 fully saturated rings. The number of halogens is 5. The lowest BCUT2D eigenvalue weighted by atomic mass is 9.99. The zero-order chi connectivity index (χ0) is 23.1. The maximum absolute atomic E-state index is 13.5. The molecule has 4 nitrogen and oxygen atoms in total. The molecule has 0 unspecified atom stereocenters. The summed E-state index contributed by atoms with van der Waals surface area (Å²) in [6.45, 7) is 0. The summed E-state index contributed by atoms with van der Waals surface area (Å²) in [5, 5.41) is 7.02. The minimum absolute atomic E-state index is 0.0735. The quantitative estimate of drug-likeness (QED) is 0.496. The summed E-state index contributed by atoms with van der Waals surface area (Å²) in [4.78, 5) is 12.6. The van der Waals surface area contributed by atoms with Crippen molar-refractivity contribution in [2.24, 2.45) is 12.5 Å². The highest BCUT2D eigenvalue weighted by Crippen LogP contribution is 2.60. The normalized spacial score (nSPS) is 14.9. The molecule has 2 aromatic carbocycles. The van der Waals surface area contributed by atoms with E-state index in [4.69, 9.17) is 0 Å². The fourth-order valence-electron chi connectivity index (χ4n) is 3.76. The minimum atomic E-state index is -4.44. The van der Waals surface area contributed by atoms with E-state index in [0.29, 0.717) is 16.8 Å².